The average molecular weight is 445 g/mol. The molecule has 2 fully saturated rings. The molecule has 3 amide bonds. The molecule has 0 saturated carbocycles. The highest BCUT2D eigenvalue weighted by atomic mass is 16.5. The molecule has 32 heavy (non-hydrogen) atoms. The Kier molecular flexibility index (Phi) is 8.50. The second kappa shape index (κ2) is 11.3. The van der Waals surface area contributed by atoms with Crippen LogP contribution in [0.2, 0.25) is 0 Å². The van der Waals surface area contributed by atoms with Crippen LogP contribution in [0.4, 0.5) is 5.69 Å². The maximum atomic E-state index is 13.2. The molecule has 2 aliphatic rings. The summed E-state index contributed by atoms with van der Waals surface area (Å²) in [6.45, 7) is 11.3. The molecule has 1 unspecified atom stereocenters. The molecule has 3 rings (SSSR count). The van der Waals surface area contributed by atoms with Gasteiger partial charge in [-0.1, -0.05) is 12.1 Å². The highest BCUT2D eigenvalue weighted by Crippen LogP contribution is 2.33. The number of carbonyl (C=O) groups is 3. The van der Waals surface area contributed by atoms with Gasteiger partial charge in [-0.3, -0.25) is 19.3 Å². The molecule has 0 bridgehead atoms. The Morgan fingerprint density at radius 3 is 2.53 bits per heavy atom. The van der Waals surface area contributed by atoms with Crippen molar-refractivity contribution in [1.82, 2.24) is 14.7 Å². The Labute approximate surface area is 191 Å². The van der Waals surface area contributed by atoms with Crippen molar-refractivity contribution in [3.63, 3.8) is 0 Å². The number of carbonyl (C=O) groups excluding carboxylic acids is 3. The first-order chi connectivity index (χ1) is 15.5. The largest absolute Gasteiger partial charge is 0.492 e. The van der Waals surface area contributed by atoms with Crippen molar-refractivity contribution in [2.75, 3.05) is 63.9 Å². The van der Waals surface area contributed by atoms with E-state index in [1.807, 2.05) is 54.8 Å². The molecule has 176 valence electrons. The summed E-state index contributed by atoms with van der Waals surface area (Å²) >= 11 is 0. The van der Waals surface area contributed by atoms with Gasteiger partial charge in [0.05, 0.1) is 24.8 Å². The van der Waals surface area contributed by atoms with Gasteiger partial charge in [0.1, 0.15) is 5.75 Å². The van der Waals surface area contributed by atoms with Crippen molar-refractivity contribution in [1.29, 1.82) is 0 Å². The minimum atomic E-state index is -0.346. The second-order valence-electron chi connectivity index (χ2n) is 8.33. The highest BCUT2D eigenvalue weighted by Gasteiger charge is 2.38. The lowest BCUT2D eigenvalue weighted by molar-refractivity contribution is -0.135. The first-order valence-corrected chi connectivity index (χ1v) is 11.8. The van der Waals surface area contributed by atoms with Crippen LogP contribution in [0.1, 0.15) is 33.6 Å². The third-order valence-corrected chi connectivity index (χ3v) is 6.31. The van der Waals surface area contributed by atoms with Crippen LogP contribution in [0, 0.1) is 5.92 Å². The molecule has 0 spiro atoms. The molecule has 0 N–H and O–H groups in total. The molecule has 2 heterocycles. The zero-order chi connectivity index (χ0) is 23.1. The Hall–Kier alpha value is -2.61. The fourth-order valence-corrected chi connectivity index (χ4v) is 4.54. The molecule has 2 saturated heterocycles. The number of benzene rings is 1. The molecule has 0 radical (unpaired) electrons. The molecule has 8 heteroatoms. The van der Waals surface area contributed by atoms with E-state index < -0.39 is 0 Å². The van der Waals surface area contributed by atoms with E-state index in [2.05, 4.69) is 4.90 Å². The Morgan fingerprint density at radius 2 is 1.81 bits per heavy atom. The number of amides is 3. The average Bonchev–Trinajstić information content (AvgIpc) is 3.02. The van der Waals surface area contributed by atoms with Crippen LogP contribution in [0.5, 0.6) is 5.75 Å². The van der Waals surface area contributed by atoms with E-state index in [0.717, 1.165) is 18.7 Å². The van der Waals surface area contributed by atoms with Crippen LogP contribution >= 0.6 is 0 Å². The van der Waals surface area contributed by atoms with Gasteiger partial charge in [-0.25, -0.2) is 0 Å². The van der Waals surface area contributed by atoms with E-state index in [-0.39, 0.29) is 30.1 Å². The van der Waals surface area contributed by atoms with Crippen molar-refractivity contribution >= 4 is 23.4 Å². The minimum Gasteiger partial charge on any atom is -0.492 e. The van der Waals surface area contributed by atoms with E-state index in [1.165, 1.54) is 0 Å². The van der Waals surface area contributed by atoms with Crippen molar-refractivity contribution in [3.05, 3.63) is 24.3 Å². The molecule has 0 aliphatic carbocycles. The zero-order valence-electron chi connectivity index (χ0n) is 19.6. The molecule has 8 nitrogen and oxygen atoms in total. The molecule has 1 atom stereocenters. The van der Waals surface area contributed by atoms with Gasteiger partial charge < -0.3 is 19.4 Å². The van der Waals surface area contributed by atoms with Crippen LogP contribution < -0.4 is 9.64 Å². The van der Waals surface area contributed by atoms with Gasteiger partial charge in [0.15, 0.2) is 0 Å². The highest BCUT2D eigenvalue weighted by molar-refractivity contribution is 6.01. The van der Waals surface area contributed by atoms with Gasteiger partial charge in [0, 0.05) is 52.2 Å². The van der Waals surface area contributed by atoms with E-state index in [1.54, 1.807) is 4.90 Å². The van der Waals surface area contributed by atoms with Crippen molar-refractivity contribution in [2.45, 2.75) is 33.6 Å². The summed E-state index contributed by atoms with van der Waals surface area (Å²) in [5.41, 5.74) is 0.728. The lowest BCUT2D eigenvalue weighted by Gasteiger charge is -2.26. The number of anilines is 1. The third kappa shape index (κ3) is 5.59. The standard InChI is InChI=1S/C24H36N4O4/c1-4-26(5-2)23(30)18-25-12-9-13-27(15-14-25)24(31)19-16-22(29)28(17-19)20-10-7-8-11-21(20)32-6-3/h7-8,10-11,19H,4-6,9,12-18H2,1-3H3. The Bertz CT molecular complexity index is 811. The maximum absolute atomic E-state index is 13.2. The lowest BCUT2D eigenvalue weighted by atomic mass is 10.1. The monoisotopic (exact) mass is 444 g/mol. The van der Waals surface area contributed by atoms with E-state index >= 15 is 0 Å². The zero-order valence-corrected chi connectivity index (χ0v) is 19.6. The number of ether oxygens (including phenoxy) is 1. The first kappa shape index (κ1) is 24.0. The number of hydrogen-bond donors (Lipinski definition) is 0. The summed E-state index contributed by atoms with van der Waals surface area (Å²) in [6, 6.07) is 7.48. The molecule has 1 aromatic rings. The quantitative estimate of drug-likeness (QED) is 0.612. The molecular weight excluding hydrogens is 408 g/mol. The van der Waals surface area contributed by atoms with Gasteiger partial charge in [0.2, 0.25) is 17.7 Å². The van der Waals surface area contributed by atoms with E-state index in [9.17, 15) is 14.4 Å². The van der Waals surface area contributed by atoms with Gasteiger partial charge in [-0.05, 0) is 39.3 Å². The number of hydrogen-bond acceptors (Lipinski definition) is 5. The number of likely N-dealkylation sites (N-methyl/N-ethyl adjacent to an activating group) is 1. The topological polar surface area (TPSA) is 73.4 Å². The van der Waals surface area contributed by atoms with Gasteiger partial charge in [0.25, 0.3) is 0 Å². The summed E-state index contributed by atoms with van der Waals surface area (Å²) in [7, 11) is 0. The molecule has 0 aromatic heterocycles. The summed E-state index contributed by atoms with van der Waals surface area (Å²) in [5.74, 6) is 0.448. The van der Waals surface area contributed by atoms with Crippen LogP contribution in [-0.4, -0.2) is 91.4 Å². The second-order valence-corrected chi connectivity index (χ2v) is 8.33. The van der Waals surface area contributed by atoms with Crippen LogP contribution in [0.3, 0.4) is 0 Å². The number of nitrogens with zero attached hydrogens (tertiary/aromatic N) is 4. The van der Waals surface area contributed by atoms with Gasteiger partial charge in [-0.2, -0.15) is 0 Å². The molecule has 1 aromatic carbocycles. The number of rotatable bonds is 8. The molecule has 2 aliphatic heterocycles. The summed E-state index contributed by atoms with van der Waals surface area (Å²) in [6.07, 6.45) is 1.05. The van der Waals surface area contributed by atoms with Gasteiger partial charge >= 0.3 is 0 Å². The summed E-state index contributed by atoms with van der Waals surface area (Å²) in [4.78, 5) is 46.0. The van der Waals surface area contributed by atoms with E-state index in [4.69, 9.17) is 4.74 Å². The Morgan fingerprint density at radius 1 is 1.06 bits per heavy atom. The SMILES string of the molecule is CCOc1ccccc1N1CC(C(=O)N2CCCN(CC(=O)N(CC)CC)CC2)CC1=O. The predicted molar refractivity (Wildman–Crippen MR) is 124 cm³/mol. The number of para-hydroxylation sites is 2. The summed E-state index contributed by atoms with van der Waals surface area (Å²) < 4.78 is 5.68. The summed E-state index contributed by atoms with van der Waals surface area (Å²) in [5, 5.41) is 0. The van der Waals surface area contributed by atoms with Crippen molar-refractivity contribution < 1.29 is 19.1 Å². The first-order valence-electron chi connectivity index (χ1n) is 11.8. The van der Waals surface area contributed by atoms with Crippen molar-refractivity contribution in [3.8, 4) is 5.75 Å². The van der Waals surface area contributed by atoms with Crippen LogP contribution in [0.25, 0.3) is 0 Å². The lowest BCUT2D eigenvalue weighted by Crippen LogP contribution is -2.43. The van der Waals surface area contributed by atoms with Crippen molar-refractivity contribution in [2.24, 2.45) is 5.92 Å². The van der Waals surface area contributed by atoms with Crippen LogP contribution in [0.15, 0.2) is 24.3 Å². The fourth-order valence-electron chi connectivity index (χ4n) is 4.54. The normalized spacial score (nSPS) is 19.7. The fraction of sp³-hybridized carbons (Fsp3) is 0.625. The predicted octanol–water partition coefficient (Wildman–Crippen LogP) is 1.84. The maximum Gasteiger partial charge on any atom is 0.236 e. The minimum absolute atomic E-state index is 0.0339. The van der Waals surface area contributed by atoms with Crippen LogP contribution in [-0.2, 0) is 14.4 Å². The Balaban J connectivity index is 1.59. The molecular formula is C24H36N4O4. The van der Waals surface area contributed by atoms with Gasteiger partial charge in [-0.15, -0.1) is 0 Å². The smallest absolute Gasteiger partial charge is 0.236 e. The van der Waals surface area contributed by atoms with E-state index in [0.29, 0.717) is 58.2 Å². The third-order valence-electron chi connectivity index (χ3n) is 6.31.